The number of anilines is 1. The molecule has 0 heterocycles. The van der Waals surface area contributed by atoms with Crippen LogP contribution in [0.4, 0.5) is 10.1 Å². The molecule has 0 radical (unpaired) electrons. The van der Waals surface area contributed by atoms with E-state index in [0.717, 1.165) is 6.07 Å². The van der Waals surface area contributed by atoms with E-state index in [1.54, 1.807) is 0 Å². The van der Waals surface area contributed by atoms with E-state index in [2.05, 4.69) is 26.5 Å². The molecule has 9 heteroatoms. The third-order valence-corrected chi connectivity index (χ3v) is 2.49. The van der Waals surface area contributed by atoms with Gasteiger partial charge in [-0.15, -0.1) is 0 Å². The number of hydrogen-bond acceptors (Lipinski definition) is 5. The Hall–Kier alpha value is -2.29. The number of carbonyl (C=O) groups is 3. The van der Waals surface area contributed by atoms with Gasteiger partial charge in [-0.05, 0) is 18.2 Å². The van der Waals surface area contributed by atoms with Crippen LogP contribution in [0.1, 0.15) is 6.42 Å². The fourth-order valence-corrected chi connectivity index (χ4v) is 1.48. The van der Waals surface area contributed by atoms with Crippen LogP contribution in [0, 0.1) is 5.82 Å². The number of ketones is 1. The minimum atomic E-state index is -1.71. The van der Waals surface area contributed by atoms with Crippen molar-refractivity contribution in [2.75, 3.05) is 5.43 Å². The zero-order valence-electron chi connectivity index (χ0n) is 9.76. The number of hydrazone groups is 1. The van der Waals surface area contributed by atoms with Crippen LogP contribution in [0.25, 0.3) is 0 Å². The van der Waals surface area contributed by atoms with Gasteiger partial charge in [0.2, 0.25) is 11.5 Å². The molecule has 1 rings (SSSR count). The van der Waals surface area contributed by atoms with Crippen LogP contribution in [-0.4, -0.2) is 33.6 Å². The van der Waals surface area contributed by atoms with Crippen molar-refractivity contribution in [2.24, 2.45) is 5.10 Å². The summed E-state index contributed by atoms with van der Waals surface area (Å²) in [6.45, 7) is 0. The summed E-state index contributed by atoms with van der Waals surface area (Å²) in [5.74, 6) is -5.12. The zero-order chi connectivity index (χ0) is 15.3. The quantitative estimate of drug-likeness (QED) is 0.408. The van der Waals surface area contributed by atoms with Gasteiger partial charge in [0.05, 0.1) is 5.69 Å². The molecule has 0 fully saturated rings. The maximum atomic E-state index is 13.4. The number of halogens is 2. The average Bonchev–Trinajstić information content (AvgIpc) is 2.30. The molecule has 106 valence electrons. The summed E-state index contributed by atoms with van der Waals surface area (Å²) in [4.78, 5) is 32.5. The van der Waals surface area contributed by atoms with Crippen LogP contribution in [0.15, 0.2) is 27.8 Å². The molecule has 0 amide bonds. The highest BCUT2D eigenvalue weighted by atomic mass is 79.9. The molecular weight excluding hydrogens is 339 g/mol. The summed E-state index contributed by atoms with van der Waals surface area (Å²) < 4.78 is 13.9. The largest absolute Gasteiger partial charge is 0.481 e. The molecule has 20 heavy (non-hydrogen) atoms. The van der Waals surface area contributed by atoms with Crippen LogP contribution in [-0.2, 0) is 14.4 Å². The Morgan fingerprint density at radius 2 is 1.95 bits per heavy atom. The third kappa shape index (κ3) is 4.43. The highest BCUT2D eigenvalue weighted by molar-refractivity contribution is 9.10. The van der Waals surface area contributed by atoms with Crippen LogP contribution in [0.3, 0.4) is 0 Å². The third-order valence-electron chi connectivity index (χ3n) is 2.00. The van der Waals surface area contributed by atoms with Crippen molar-refractivity contribution in [3.63, 3.8) is 0 Å². The fourth-order valence-electron chi connectivity index (χ4n) is 1.15. The normalized spacial score (nSPS) is 11.0. The summed E-state index contributed by atoms with van der Waals surface area (Å²) in [6, 6.07) is 3.85. The number of Topliss-reactive ketones (excluding diaryl/α,β-unsaturated/α-hetero) is 1. The van der Waals surface area contributed by atoms with E-state index in [-0.39, 0.29) is 5.69 Å². The summed E-state index contributed by atoms with van der Waals surface area (Å²) in [7, 11) is 0. The first-order valence-electron chi connectivity index (χ1n) is 5.08. The Bertz CT molecular complexity index is 602. The second-order valence-corrected chi connectivity index (χ2v) is 4.41. The number of rotatable bonds is 6. The molecule has 0 bridgehead atoms. The number of carboxylic acid groups (broad SMARTS) is 2. The lowest BCUT2D eigenvalue weighted by Crippen LogP contribution is -2.27. The van der Waals surface area contributed by atoms with E-state index in [0.29, 0.717) is 4.47 Å². The van der Waals surface area contributed by atoms with Gasteiger partial charge in [0, 0.05) is 4.47 Å². The van der Waals surface area contributed by atoms with Gasteiger partial charge >= 0.3 is 11.9 Å². The Kier molecular flexibility index (Phi) is 5.32. The van der Waals surface area contributed by atoms with Gasteiger partial charge in [-0.1, -0.05) is 15.9 Å². The lowest BCUT2D eigenvalue weighted by molar-refractivity contribution is -0.139. The average molecular weight is 347 g/mol. The minimum Gasteiger partial charge on any atom is -0.481 e. The highest BCUT2D eigenvalue weighted by Crippen LogP contribution is 2.19. The Morgan fingerprint density at radius 3 is 2.45 bits per heavy atom. The summed E-state index contributed by atoms with van der Waals surface area (Å²) in [5.41, 5.74) is 0.897. The maximum Gasteiger partial charge on any atom is 0.360 e. The van der Waals surface area contributed by atoms with E-state index >= 15 is 0 Å². The van der Waals surface area contributed by atoms with Crippen molar-refractivity contribution in [1.82, 2.24) is 0 Å². The Balaban J connectivity index is 2.95. The van der Waals surface area contributed by atoms with Gasteiger partial charge in [-0.2, -0.15) is 5.10 Å². The van der Waals surface area contributed by atoms with Gasteiger partial charge < -0.3 is 10.2 Å². The molecule has 0 aliphatic carbocycles. The summed E-state index contributed by atoms with van der Waals surface area (Å²) in [5, 5.41) is 20.4. The molecule has 1 aromatic rings. The molecule has 0 unspecified atom stereocenters. The van der Waals surface area contributed by atoms with E-state index in [4.69, 9.17) is 10.2 Å². The van der Waals surface area contributed by atoms with Crippen LogP contribution < -0.4 is 5.43 Å². The molecule has 0 saturated heterocycles. The van der Waals surface area contributed by atoms with Crippen molar-refractivity contribution in [2.45, 2.75) is 6.42 Å². The number of nitrogens with one attached hydrogen (secondary N) is 1. The first kappa shape index (κ1) is 15.8. The van der Waals surface area contributed by atoms with Gasteiger partial charge in [0.15, 0.2) is 0 Å². The van der Waals surface area contributed by atoms with E-state index in [9.17, 15) is 18.8 Å². The van der Waals surface area contributed by atoms with Gasteiger partial charge in [0.25, 0.3) is 0 Å². The minimum absolute atomic E-state index is 0.157. The maximum absolute atomic E-state index is 13.4. The van der Waals surface area contributed by atoms with Crippen LogP contribution in [0.2, 0.25) is 0 Å². The molecule has 0 aliphatic heterocycles. The predicted molar refractivity (Wildman–Crippen MR) is 70.1 cm³/mol. The van der Waals surface area contributed by atoms with Crippen LogP contribution >= 0.6 is 15.9 Å². The molecule has 7 nitrogen and oxygen atoms in total. The Labute approximate surface area is 120 Å². The molecule has 1 aromatic carbocycles. The number of nitrogens with zero attached hydrogens (tertiary/aromatic N) is 1. The molecular formula is C11H8BrFN2O5. The fraction of sp³-hybridized carbons (Fsp3) is 0.0909. The first-order valence-corrected chi connectivity index (χ1v) is 5.87. The van der Waals surface area contributed by atoms with E-state index in [1.165, 1.54) is 12.1 Å². The summed E-state index contributed by atoms with van der Waals surface area (Å²) in [6.07, 6.45) is -1.02. The molecule has 0 aliphatic rings. The Morgan fingerprint density at radius 1 is 1.30 bits per heavy atom. The molecule has 0 spiro atoms. The van der Waals surface area contributed by atoms with E-state index in [1.807, 2.05) is 0 Å². The smallest absolute Gasteiger partial charge is 0.360 e. The van der Waals surface area contributed by atoms with Crippen molar-refractivity contribution >= 4 is 45.1 Å². The van der Waals surface area contributed by atoms with Crippen molar-refractivity contribution in [3.05, 3.63) is 28.5 Å². The van der Waals surface area contributed by atoms with Crippen LogP contribution in [0.5, 0.6) is 0 Å². The summed E-state index contributed by atoms with van der Waals surface area (Å²) >= 11 is 3.03. The van der Waals surface area contributed by atoms with Gasteiger partial charge in [-0.3, -0.25) is 15.0 Å². The monoisotopic (exact) mass is 346 g/mol. The molecule has 3 N–H and O–H groups in total. The highest BCUT2D eigenvalue weighted by Gasteiger charge is 2.22. The number of benzene rings is 1. The van der Waals surface area contributed by atoms with Crippen molar-refractivity contribution < 1.29 is 29.0 Å². The number of carbonyl (C=O) groups excluding carboxylic acids is 1. The topological polar surface area (TPSA) is 116 Å². The predicted octanol–water partition coefficient (Wildman–Crippen LogP) is 1.48. The lowest BCUT2D eigenvalue weighted by Gasteiger charge is -2.04. The molecule has 0 aromatic heterocycles. The lowest BCUT2D eigenvalue weighted by atomic mass is 10.2. The van der Waals surface area contributed by atoms with Gasteiger partial charge in [0.1, 0.15) is 12.2 Å². The van der Waals surface area contributed by atoms with Crippen molar-refractivity contribution in [1.29, 1.82) is 0 Å². The second-order valence-electron chi connectivity index (χ2n) is 3.50. The number of aliphatic carboxylic acids is 2. The van der Waals surface area contributed by atoms with E-state index < -0.39 is 35.7 Å². The van der Waals surface area contributed by atoms with Gasteiger partial charge in [-0.25, -0.2) is 9.18 Å². The zero-order valence-corrected chi connectivity index (χ0v) is 11.3. The second kappa shape index (κ2) is 6.75. The molecule has 0 saturated carbocycles. The van der Waals surface area contributed by atoms with Crippen molar-refractivity contribution in [3.8, 4) is 0 Å². The first-order chi connectivity index (χ1) is 9.31. The number of hydrogen-bond donors (Lipinski definition) is 3. The SMILES string of the molecule is O=C(O)CC(=O)C(=NNc1ccc(Br)cc1F)C(=O)O. The standard InChI is InChI=1S/C11H8BrFN2O5/c12-5-1-2-7(6(13)3-5)14-15-10(11(19)20)8(16)4-9(17)18/h1-3,14H,4H2,(H,17,18)(H,19,20). The number of carboxylic acids is 2. The molecule has 0 atom stereocenters.